The SMILES string of the molecule is CCCOCCCNc1nc(NC)ncc1Cl. The maximum Gasteiger partial charge on any atom is 0.224 e. The Morgan fingerprint density at radius 3 is 2.94 bits per heavy atom. The summed E-state index contributed by atoms with van der Waals surface area (Å²) < 4.78 is 5.38. The zero-order valence-electron chi connectivity index (χ0n) is 10.3. The molecule has 0 atom stereocenters. The predicted octanol–water partition coefficient (Wildman–Crippen LogP) is 2.40. The van der Waals surface area contributed by atoms with Crippen LogP contribution in [0, 0.1) is 0 Å². The molecule has 0 amide bonds. The van der Waals surface area contributed by atoms with E-state index in [1.165, 1.54) is 0 Å². The van der Waals surface area contributed by atoms with Crippen molar-refractivity contribution in [3.63, 3.8) is 0 Å². The fourth-order valence-electron chi connectivity index (χ4n) is 1.24. The van der Waals surface area contributed by atoms with Crippen molar-refractivity contribution in [3.8, 4) is 0 Å². The van der Waals surface area contributed by atoms with E-state index in [9.17, 15) is 0 Å². The number of anilines is 2. The van der Waals surface area contributed by atoms with Crippen LogP contribution in [0.15, 0.2) is 6.20 Å². The number of rotatable bonds is 8. The van der Waals surface area contributed by atoms with Crippen molar-refractivity contribution in [3.05, 3.63) is 11.2 Å². The number of nitrogens with one attached hydrogen (secondary N) is 2. The summed E-state index contributed by atoms with van der Waals surface area (Å²) in [4.78, 5) is 8.23. The highest BCUT2D eigenvalue weighted by molar-refractivity contribution is 6.32. The monoisotopic (exact) mass is 258 g/mol. The maximum absolute atomic E-state index is 5.97. The van der Waals surface area contributed by atoms with E-state index >= 15 is 0 Å². The van der Waals surface area contributed by atoms with E-state index in [2.05, 4.69) is 27.5 Å². The molecule has 0 radical (unpaired) electrons. The molecular formula is C11H19ClN4O. The largest absolute Gasteiger partial charge is 0.381 e. The minimum Gasteiger partial charge on any atom is -0.381 e. The molecule has 0 fully saturated rings. The molecule has 1 rings (SSSR count). The summed E-state index contributed by atoms with van der Waals surface area (Å²) in [5.41, 5.74) is 0. The lowest BCUT2D eigenvalue weighted by molar-refractivity contribution is 0.134. The van der Waals surface area contributed by atoms with E-state index in [0.29, 0.717) is 16.8 Å². The number of nitrogens with zero attached hydrogens (tertiary/aromatic N) is 2. The summed E-state index contributed by atoms with van der Waals surface area (Å²) in [5, 5.41) is 6.56. The van der Waals surface area contributed by atoms with Crippen LogP contribution in [0.2, 0.25) is 5.02 Å². The Hall–Kier alpha value is -1.07. The maximum atomic E-state index is 5.97. The topological polar surface area (TPSA) is 59.1 Å². The van der Waals surface area contributed by atoms with Crippen molar-refractivity contribution in [2.75, 3.05) is 37.4 Å². The Kier molecular flexibility index (Phi) is 6.65. The molecule has 1 aromatic rings. The molecule has 96 valence electrons. The average molecular weight is 259 g/mol. The van der Waals surface area contributed by atoms with Gasteiger partial charge in [-0.1, -0.05) is 18.5 Å². The zero-order valence-corrected chi connectivity index (χ0v) is 11.0. The molecule has 0 bridgehead atoms. The standard InChI is InChI=1S/C11H19ClN4O/c1-3-6-17-7-4-5-14-10-9(12)8-15-11(13-2)16-10/h8H,3-7H2,1-2H3,(H2,13,14,15,16). The highest BCUT2D eigenvalue weighted by Gasteiger charge is 2.03. The summed E-state index contributed by atoms with van der Waals surface area (Å²) in [6, 6.07) is 0. The Labute approximate surface area is 107 Å². The minimum absolute atomic E-state index is 0.526. The molecule has 0 aliphatic heterocycles. The molecule has 0 saturated heterocycles. The highest BCUT2D eigenvalue weighted by atomic mass is 35.5. The summed E-state index contributed by atoms with van der Waals surface area (Å²) in [5.74, 6) is 1.21. The van der Waals surface area contributed by atoms with E-state index in [4.69, 9.17) is 16.3 Å². The van der Waals surface area contributed by atoms with Crippen LogP contribution in [0.5, 0.6) is 0 Å². The summed E-state index contributed by atoms with van der Waals surface area (Å²) in [6.07, 6.45) is 3.56. The van der Waals surface area contributed by atoms with Crippen LogP contribution in [0.1, 0.15) is 19.8 Å². The minimum atomic E-state index is 0.526. The Morgan fingerprint density at radius 1 is 1.41 bits per heavy atom. The molecule has 1 heterocycles. The lowest BCUT2D eigenvalue weighted by atomic mass is 10.4. The smallest absolute Gasteiger partial charge is 0.224 e. The van der Waals surface area contributed by atoms with Crippen molar-refractivity contribution in [2.24, 2.45) is 0 Å². The van der Waals surface area contributed by atoms with Gasteiger partial charge in [-0.15, -0.1) is 0 Å². The van der Waals surface area contributed by atoms with Crippen molar-refractivity contribution < 1.29 is 4.74 Å². The first-order valence-electron chi connectivity index (χ1n) is 5.79. The number of hydrogen-bond donors (Lipinski definition) is 2. The molecule has 0 aliphatic carbocycles. The van der Waals surface area contributed by atoms with Crippen LogP contribution < -0.4 is 10.6 Å². The first-order valence-corrected chi connectivity index (χ1v) is 6.17. The van der Waals surface area contributed by atoms with Crippen LogP contribution in [0.25, 0.3) is 0 Å². The lowest BCUT2D eigenvalue weighted by Crippen LogP contribution is -2.09. The highest BCUT2D eigenvalue weighted by Crippen LogP contribution is 2.18. The Morgan fingerprint density at radius 2 is 2.24 bits per heavy atom. The number of halogens is 1. The van der Waals surface area contributed by atoms with Crippen molar-refractivity contribution >= 4 is 23.4 Å². The number of aromatic nitrogens is 2. The second kappa shape index (κ2) is 8.08. The Balaban J connectivity index is 2.30. The number of hydrogen-bond acceptors (Lipinski definition) is 5. The fourth-order valence-corrected chi connectivity index (χ4v) is 1.40. The van der Waals surface area contributed by atoms with Gasteiger partial charge in [-0.25, -0.2) is 4.98 Å². The van der Waals surface area contributed by atoms with Crippen molar-refractivity contribution in [2.45, 2.75) is 19.8 Å². The first-order chi connectivity index (χ1) is 8.27. The van der Waals surface area contributed by atoms with Gasteiger partial charge in [0.15, 0.2) is 0 Å². The quantitative estimate of drug-likeness (QED) is 0.702. The van der Waals surface area contributed by atoms with Gasteiger partial charge in [0.25, 0.3) is 0 Å². The average Bonchev–Trinajstić information content (AvgIpc) is 2.35. The van der Waals surface area contributed by atoms with Gasteiger partial charge in [-0.2, -0.15) is 4.98 Å². The normalized spacial score (nSPS) is 10.3. The molecule has 5 nitrogen and oxygen atoms in total. The van der Waals surface area contributed by atoms with Crippen LogP contribution in [0.3, 0.4) is 0 Å². The molecule has 0 saturated carbocycles. The number of ether oxygens (including phenoxy) is 1. The molecule has 6 heteroatoms. The second-order valence-electron chi connectivity index (χ2n) is 3.53. The van der Waals surface area contributed by atoms with E-state index in [1.807, 2.05) is 0 Å². The molecule has 0 aliphatic rings. The van der Waals surface area contributed by atoms with Gasteiger partial charge in [-0.05, 0) is 12.8 Å². The van der Waals surface area contributed by atoms with Crippen molar-refractivity contribution in [1.29, 1.82) is 0 Å². The first kappa shape index (κ1) is 14.0. The zero-order chi connectivity index (χ0) is 12.5. The molecular weight excluding hydrogens is 240 g/mol. The summed E-state index contributed by atoms with van der Waals surface area (Å²) in [6.45, 7) is 4.45. The lowest BCUT2D eigenvalue weighted by Gasteiger charge is -2.08. The van der Waals surface area contributed by atoms with Gasteiger partial charge in [-0.3, -0.25) is 0 Å². The van der Waals surface area contributed by atoms with E-state index in [-0.39, 0.29) is 0 Å². The van der Waals surface area contributed by atoms with Crippen LogP contribution in [-0.4, -0.2) is 36.8 Å². The predicted molar refractivity (Wildman–Crippen MR) is 70.8 cm³/mol. The summed E-state index contributed by atoms with van der Waals surface area (Å²) >= 11 is 5.97. The van der Waals surface area contributed by atoms with Gasteiger partial charge in [0, 0.05) is 26.8 Å². The van der Waals surface area contributed by atoms with E-state index in [0.717, 1.165) is 32.6 Å². The third kappa shape index (κ3) is 5.19. The third-order valence-electron chi connectivity index (χ3n) is 2.07. The van der Waals surface area contributed by atoms with E-state index < -0.39 is 0 Å². The van der Waals surface area contributed by atoms with Gasteiger partial charge in [0.05, 0.1) is 6.20 Å². The Bertz CT molecular complexity index is 335. The van der Waals surface area contributed by atoms with Crippen molar-refractivity contribution in [1.82, 2.24) is 9.97 Å². The van der Waals surface area contributed by atoms with Gasteiger partial charge < -0.3 is 15.4 Å². The summed E-state index contributed by atoms with van der Waals surface area (Å²) in [7, 11) is 1.77. The van der Waals surface area contributed by atoms with Gasteiger partial charge in [0.2, 0.25) is 5.95 Å². The molecule has 17 heavy (non-hydrogen) atoms. The second-order valence-corrected chi connectivity index (χ2v) is 3.94. The van der Waals surface area contributed by atoms with Gasteiger partial charge >= 0.3 is 0 Å². The van der Waals surface area contributed by atoms with Crippen LogP contribution >= 0.6 is 11.6 Å². The third-order valence-corrected chi connectivity index (χ3v) is 2.35. The molecule has 0 aromatic carbocycles. The molecule has 1 aromatic heterocycles. The van der Waals surface area contributed by atoms with Crippen LogP contribution in [-0.2, 0) is 4.74 Å². The van der Waals surface area contributed by atoms with Gasteiger partial charge in [0.1, 0.15) is 10.8 Å². The molecule has 0 unspecified atom stereocenters. The fraction of sp³-hybridized carbons (Fsp3) is 0.636. The van der Waals surface area contributed by atoms with E-state index in [1.54, 1.807) is 13.2 Å². The van der Waals surface area contributed by atoms with Crippen LogP contribution in [0.4, 0.5) is 11.8 Å². The molecule has 2 N–H and O–H groups in total. The molecule has 0 spiro atoms.